The topological polar surface area (TPSA) is 66.8 Å². The van der Waals surface area contributed by atoms with E-state index in [1.165, 1.54) is 21.6 Å². The number of phenolic OH excluding ortho intramolecular Hbond substituents is 1. The monoisotopic (exact) mass is 555 g/mol. The van der Waals surface area contributed by atoms with Crippen LogP contribution < -0.4 is 0 Å². The fraction of sp³-hybridized carbons (Fsp3) is 0.429. The van der Waals surface area contributed by atoms with Crippen molar-refractivity contribution in [1.29, 1.82) is 0 Å². The third-order valence-corrected chi connectivity index (χ3v) is 9.02. The quantitative estimate of drug-likeness (QED) is 0.320. The first-order valence-electron chi connectivity index (χ1n) is 12.2. The van der Waals surface area contributed by atoms with E-state index in [0.29, 0.717) is 19.6 Å². The molecular weight excluding hydrogens is 526 g/mol. The Labute approximate surface area is 218 Å². The van der Waals surface area contributed by atoms with Gasteiger partial charge in [-0.2, -0.15) is 0 Å². The van der Waals surface area contributed by atoms with Gasteiger partial charge >= 0.3 is 0 Å². The summed E-state index contributed by atoms with van der Waals surface area (Å²) in [5, 5.41) is 12.2. The molecule has 2 aliphatic heterocycles. The van der Waals surface area contributed by atoms with Gasteiger partial charge in [-0.25, -0.2) is 0 Å². The first-order chi connectivity index (χ1) is 16.9. The predicted octanol–water partition coefficient (Wildman–Crippen LogP) is 6.33. The molecule has 0 saturated carbocycles. The molecule has 4 atom stereocenters. The van der Waals surface area contributed by atoms with Crippen LogP contribution in [-0.2, 0) is 20.9 Å². The number of nitrogens with zero attached hydrogens (tertiary/aromatic N) is 1. The third kappa shape index (κ3) is 4.66. The number of hydrogen-bond acceptors (Lipinski definition) is 5. The lowest BCUT2D eigenvalue weighted by Crippen LogP contribution is -2.34. The molecule has 2 amide bonds. The van der Waals surface area contributed by atoms with Crippen molar-refractivity contribution in [1.82, 2.24) is 4.90 Å². The first-order valence-corrected chi connectivity index (χ1v) is 13.9. The van der Waals surface area contributed by atoms with Crippen LogP contribution >= 0.6 is 27.3 Å². The van der Waals surface area contributed by atoms with Crippen LogP contribution in [0.5, 0.6) is 5.75 Å². The number of amides is 2. The highest BCUT2D eigenvalue weighted by Crippen LogP contribution is 2.50. The average Bonchev–Trinajstić information content (AvgIpc) is 3.56. The molecule has 7 heteroatoms. The highest BCUT2D eigenvalue weighted by molar-refractivity contribution is 9.10. The third-order valence-electron chi connectivity index (χ3n) is 7.67. The molecular formula is C28H30BrNO4S. The number of aromatic hydroxyl groups is 1. The van der Waals surface area contributed by atoms with Crippen LogP contribution in [0.4, 0.5) is 0 Å². The summed E-state index contributed by atoms with van der Waals surface area (Å²) in [6.07, 6.45) is 5.24. The number of halogens is 1. The van der Waals surface area contributed by atoms with Crippen LogP contribution in [0.15, 0.2) is 56.9 Å². The number of rotatable bonds is 7. The molecule has 0 bridgehead atoms. The van der Waals surface area contributed by atoms with Crippen molar-refractivity contribution in [3.63, 3.8) is 0 Å². The van der Waals surface area contributed by atoms with Gasteiger partial charge in [0.05, 0.1) is 31.1 Å². The molecule has 0 spiro atoms. The Morgan fingerprint density at radius 2 is 2.09 bits per heavy atom. The second-order valence-corrected chi connectivity index (χ2v) is 11.7. The molecule has 0 unspecified atom stereocenters. The molecule has 184 valence electrons. The minimum atomic E-state index is -0.300. The SMILES string of the molecule is CC/C(=C\c1cc(Br)ccc1O)CC[C@H]1OC[C@H]2C1=C(C)C[C@H]1C(=O)N(Cc3cccs3)C(=O)[C@H]12. The van der Waals surface area contributed by atoms with Crippen LogP contribution in [0, 0.1) is 17.8 Å². The number of fused-ring (bicyclic) bond motifs is 3. The number of imide groups is 1. The molecule has 2 aromatic rings. The van der Waals surface area contributed by atoms with E-state index >= 15 is 0 Å². The van der Waals surface area contributed by atoms with Crippen LogP contribution in [0.3, 0.4) is 0 Å². The molecule has 0 radical (unpaired) electrons. The lowest BCUT2D eigenvalue weighted by Gasteiger charge is -2.30. The van der Waals surface area contributed by atoms with Crippen molar-refractivity contribution in [2.45, 2.75) is 52.2 Å². The molecule has 35 heavy (non-hydrogen) atoms. The lowest BCUT2D eigenvalue weighted by molar-refractivity contribution is -0.140. The number of carbonyl (C=O) groups is 2. The summed E-state index contributed by atoms with van der Waals surface area (Å²) in [7, 11) is 0. The van der Waals surface area contributed by atoms with Crippen LogP contribution in [0.1, 0.15) is 50.0 Å². The number of hydrogen-bond donors (Lipinski definition) is 1. The summed E-state index contributed by atoms with van der Waals surface area (Å²) in [6, 6.07) is 9.37. The summed E-state index contributed by atoms with van der Waals surface area (Å²) < 4.78 is 7.20. The number of phenols is 1. The van der Waals surface area contributed by atoms with E-state index in [0.717, 1.165) is 34.2 Å². The smallest absolute Gasteiger partial charge is 0.234 e. The van der Waals surface area contributed by atoms with Crippen LogP contribution in [0.2, 0.25) is 0 Å². The van der Waals surface area contributed by atoms with Crippen LogP contribution in [0.25, 0.3) is 6.08 Å². The number of benzene rings is 1. The van der Waals surface area contributed by atoms with E-state index in [9.17, 15) is 14.7 Å². The Balaban J connectivity index is 1.31. The molecule has 5 nitrogen and oxygen atoms in total. The predicted molar refractivity (Wildman–Crippen MR) is 141 cm³/mol. The van der Waals surface area contributed by atoms with Gasteiger partial charge in [0.25, 0.3) is 0 Å². The molecule has 1 N–H and O–H groups in total. The van der Waals surface area contributed by atoms with Crippen molar-refractivity contribution in [3.05, 3.63) is 67.3 Å². The number of carbonyl (C=O) groups excluding carboxylic acids is 2. The second kappa shape index (κ2) is 10.0. The lowest BCUT2D eigenvalue weighted by atomic mass is 9.70. The maximum absolute atomic E-state index is 13.4. The van der Waals surface area contributed by atoms with Crippen molar-refractivity contribution < 1.29 is 19.4 Å². The summed E-state index contributed by atoms with van der Waals surface area (Å²) in [5.41, 5.74) is 4.50. The fourth-order valence-electron chi connectivity index (χ4n) is 5.94. The van der Waals surface area contributed by atoms with Gasteiger partial charge in [-0.3, -0.25) is 14.5 Å². The zero-order valence-electron chi connectivity index (χ0n) is 20.0. The molecule has 3 aliphatic rings. The van der Waals surface area contributed by atoms with Crippen molar-refractivity contribution in [2.24, 2.45) is 17.8 Å². The van der Waals surface area contributed by atoms with E-state index in [1.54, 1.807) is 17.4 Å². The average molecular weight is 557 g/mol. The zero-order valence-corrected chi connectivity index (χ0v) is 22.4. The summed E-state index contributed by atoms with van der Waals surface area (Å²) >= 11 is 5.05. The van der Waals surface area contributed by atoms with Crippen LogP contribution in [-0.4, -0.2) is 34.5 Å². The molecule has 5 rings (SSSR count). The Hall–Kier alpha value is -2.22. The highest BCUT2D eigenvalue weighted by Gasteiger charge is 2.56. The molecule has 2 fully saturated rings. The second-order valence-electron chi connectivity index (χ2n) is 9.74. The summed E-state index contributed by atoms with van der Waals surface area (Å²) in [5.74, 6) is -0.362. The fourth-order valence-corrected chi connectivity index (χ4v) is 7.01. The standard InChI is InChI=1S/C28H30BrNO4S/c1-3-17(12-18-13-19(29)7-8-23(18)31)6-9-24-25-16(2)11-21-26(22(25)15-34-24)28(33)30(27(21)32)14-20-5-4-10-35-20/h4-5,7-8,10,12-13,21-22,24,26,31H,3,6,9,11,14-15H2,1-2H3/b17-12+/t21-,22+,24-,26-/m1/s1. The number of thiophene rings is 1. The molecule has 1 aliphatic carbocycles. The van der Waals surface area contributed by atoms with Crippen molar-refractivity contribution >= 4 is 45.2 Å². The van der Waals surface area contributed by atoms with E-state index in [2.05, 4.69) is 35.9 Å². The van der Waals surface area contributed by atoms with Gasteiger partial charge < -0.3 is 9.84 Å². The summed E-state index contributed by atoms with van der Waals surface area (Å²) in [4.78, 5) is 29.1. The minimum absolute atomic E-state index is 0.00767. The van der Waals surface area contributed by atoms with Crippen molar-refractivity contribution in [3.8, 4) is 5.75 Å². The Morgan fingerprint density at radius 1 is 1.26 bits per heavy atom. The van der Waals surface area contributed by atoms with E-state index < -0.39 is 0 Å². The normalized spacial score (nSPS) is 26.5. The van der Waals surface area contributed by atoms with Crippen molar-refractivity contribution in [2.75, 3.05) is 6.61 Å². The number of allylic oxidation sites excluding steroid dienone is 2. The molecule has 1 aromatic heterocycles. The van der Waals surface area contributed by atoms with E-state index in [4.69, 9.17) is 4.74 Å². The molecule has 2 saturated heterocycles. The van der Waals surface area contributed by atoms with Gasteiger partial charge in [-0.05, 0) is 67.8 Å². The Kier molecular flexibility index (Phi) is 7.02. The first kappa shape index (κ1) is 24.5. The zero-order chi connectivity index (χ0) is 24.7. The summed E-state index contributed by atoms with van der Waals surface area (Å²) in [6.45, 7) is 5.11. The Bertz CT molecular complexity index is 1200. The highest BCUT2D eigenvalue weighted by atomic mass is 79.9. The van der Waals surface area contributed by atoms with Gasteiger partial charge in [-0.15, -0.1) is 11.3 Å². The van der Waals surface area contributed by atoms with Gasteiger partial charge in [0.1, 0.15) is 5.75 Å². The minimum Gasteiger partial charge on any atom is -0.507 e. The van der Waals surface area contributed by atoms with E-state index in [1.807, 2.05) is 29.6 Å². The largest absolute Gasteiger partial charge is 0.507 e. The van der Waals surface area contributed by atoms with Gasteiger partial charge in [0, 0.05) is 20.8 Å². The van der Waals surface area contributed by atoms with E-state index in [-0.39, 0.29) is 41.4 Å². The maximum atomic E-state index is 13.4. The van der Waals surface area contributed by atoms with Gasteiger partial charge in [0.2, 0.25) is 11.8 Å². The van der Waals surface area contributed by atoms with Gasteiger partial charge in [0.15, 0.2) is 0 Å². The molecule has 3 heterocycles. The van der Waals surface area contributed by atoms with Gasteiger partial charge in [-0.1, -0.05) is 46.1 Å². The molecule has 1 aromatic carbocycles. The number of likely N-dealkylation sites (tertiary alicyclic amines) is 1. The number of ether oxygens (including phenoxy) is 1. The maximum Gasteiger partial charge on any atom is 0.234 e. The Morgan fingerprint density at radius 3 is 2.83 bits per heavy atom.